The topological polar surface area (TPSA) is 79.8 Å². The molecule has 3 heterocycles. The minimum atomic E-state index is -0.628. The summed E-state index contributed by atoms with van der Waals surface area (Å²) in [5, 5.41) is 2.52. The first-order valence-electron chi connectivity index (χ1n) is 7.42. The lowest BCUT2D eigenvalue weighted by Crippen LogP contribution is -2.62. The summed E-state index contributed by atoms with van der Waals surface area (Å²) < 4.78 is 4.69. The van der Waals surface area contributed by atoms with Crippen molar-refractivity contribution in [1.29, 1.82) is 0 Å². The Bertz CT molecular complexity index is 798. The molecule has 0 unspecified atom stereocenters. The molecule has 0 saturated carbocycles. The first kappa shape index (κ1) is 14.8. The molecule has 2 aliphatic heterocycles. The average molecular weight is 343 g/mol. The zero-order valence-electron chi connectivity index (χ0n) is 12.5. The molecule has 122 valence electrons. The number of thiazole rings is 1. The van der Waals surface area contributed by atoms with Crippen molar-refractivity contribution in [3.05, 3.63) is 41.4 Å². The van der Waals surface area contributed by atoms with Gasteiger partial charge in [-0.2, -0.15) is 0 Å². The number of aromatic nitrogens is 1. The smallest absolute Gasteiger partial charge is 0.417 e. The van der Waals surface area contributed by atoms with Crippen molar-refractivity contribution in [2.75, 3.05) is 19.7 Å². The standard InChI is InChI=1S/C16H13N3O4S/c20-13-8-23-16(22)19(13)11-6-18(7-11)15(21)12-9-24-14(17-12)10-4-2-1-3-5-10/h1-5,9,11H,6-8H2. The Balaban J connectivity index is 1.42. The van der Waals surface area contributed by atoms with E-state index in [1.165, 1.54) is 11.3 Å². The summed E-state index contributed by atoms with van der Waals surface area (Å²) in [4.78, 5) is 42.6. The molecule has 1 aromatic carbocycles. The fourth-order valence-corrected chi connectivity index (χ4v) is 3.55. The summed E-state index contributed by atoms with van der Waals surface area (Å²) in [6.07, 6.45) is -0.628. The zero-order valence-corrected chi connectivity index (χ0v) is 13.4. The Hall–Kier alpha value is -2.74. The van der Waals surface area contributed by atoms with Crippen molar-refractivity contribution in [1.82, 2.24) is 14.8 Å². The van der Waals surface area contributed by atoms with Crippen molar-refractivity contribution >= 4 is 29.2 Å². The van der Waals surface area contributed by atoms with Gasteiger partial charge in [-0.15, -0.1) is 11.3 Å². The first-order valence-corrected chi connectivity index (χ1v) is 8.30. The van der Waals surface area contributed by atoms with Gasteiger partial charge in [0.2, 0.25) is 0 Å². The molecule has 0 spiro atoms. The second-order valence-corrected chi connectivity index (χ2v) is 6.44. The van der Waals surface area contributed by atoms with Crippen LogP contribution in [0, 0.1) is 0 Å². The van der Waals surface area contributed by atoms with Crippen LogP contribution in [0.15, 0.2) is 35.7 Å². The molecule has 0 radical (unpaired) electrons. The van der Waals surface area contributed by atoms with E-state index >= 15 is 0 Å². The Labute approximate surface area is 141 Å². The maximum Gasteiger partial charge on any atom is 0.417 e. The van der Waals surface area contributed by atoms with Crippen molar-refractivity contribution in [2.45, 2.75) is 6.04 Å². The van der Waals surface area contributed by atoms with Gasteiger partial charge in [0.25, 0.3) is 11.8 Å². The monoisotopic (exact) mass is 343 g/mol. The highest BCUT2D eigenvalue weighted by atomic mass is 32.1. The number of imide groups is 1. The molecule has 2 saturated heterocycles. The van der Waals surface area contributed by atoms with Crippen LogP contribution in [0.3, 0.4) is 0 Å². The lowest BCUT2D eigenvalue weighted by Gasteiger charge is -2.41. The summed E-state index contributed by atoms with van der Waals surface area (Å²) in [5.74, 6) is -0.540. The van der Waals surface area contributed by atoms with Crippen LogP contribution < -0.4 is 0 Å². The second-order valence-electron chi connectivity index (χ2n) is 5.59. The van der Waals surface area contributed by atoms with Crippen LogP contribution >= 0.6 is 11.3 Å². The number of carbonyl (C=O) groups is 3. The highest BCUT2D eigenvalue weighted by Gasteiger charge is 2.44. The minimum Gasteiger partial charge on any atom is -0.439 e. The van der Waals surface area contributed by atoms with E-state index in [4.69, 9.17) is 4.74 Å². The number of rotatable bonds is 3. The van der Waals surface area contributed by atoms with Gasteiger partial charge in [-0.3, -0.25) is 9.59 Å². The molecule has 0 N–H and O–H groups in total. The van der Waals surface area contributed by atoms with Crippen molar-refractivity contribution in [2.24, 2.45) is 0 Å². The van der Waals surface area contributed by atoms with Crippen LogP contribution in [0.4, 0.5) is 4.79 Å². The van der Waals surface area contributed by atoms with Crippen molar-refractivity contribution in [3.8, 4) is 10.6 Å². The molecule has 3 amide bonds. The van der Waals surface area contributed by atoms with Gasteiger partial charge >= 0.3 is 6.09 Å². The Morgan fingerprint density at radius 2 is 1.96 bits per heavy atom. The van der Waals surface area contributed by atoms with Gasteiger partial charge in [0.1, 0.15) is 10.7 Å². The lowest BCUT2D eigenvalue weighted by molar-refractivity contribution is -0.129. The molecule has 1 aromatic heterocycles. The summed E-state index contributed by atoms with van der Waals surface area (Å²) in [6.45, 7) is 0.422. The predicted octanol–water partition coefficient (Wildman–Crippen LogP) is 1.61. The fourth-order valence-electron chi connectivity index (χ4n) is 2.75. The van der Waals surface area contributed by atoms with Gasteiger partial charge in [0.05, 0.1) is 6.04 Å². The van der Waals surface area contributed by atoms with Crippen LogP contribution in [0.25, 0.3) is 10.6 Å². The van der Waals surface area contributed by atoms with Gasteiger partial charge in [-0.1, -0.05) is 30.3 Å². The van der Waals surface area contributed by atoms with Crippen LogP contribution in [0.5, 0.6) is 0 Å². The molecular weight excluding hydrogens is 330 g/mol. The van der Waals surface area contributed by atoms with Crippen LogP contribution in [-0.4, -0.2) is 58.4 Å². The van der Waals surface area contributed by atoms with E-state index in [1.54, 1.807) is 10.3 Å². The van der Waals surface area contributed by atoms with Crippen LogP contribution in [0.1, 0.15) is 10.5 Å². The van der Waals surface area contributed by atoms with Gasteiger partial charge in [-0.05, 0) is 0 Å². The van der Waals surface area contributed by atoms with Gasteiger partial charge < -0.3 is 9.64 Å². The third kappa shape index (κ3) is 2.44. The molecule has 7 nitrogen and oxygen atoms in total. The number of benzene rings is 1. The Morgan fingerprint density at radius 3 is 2.62 bits per heavy atom. The minimum absolute atomic E-state index is 0.190. The van der Waals surface area contributed by atoms with Crippen molar-refractivity contribution in [3.63, 3.8) is 0 Å². The Morgan fingerprint density at radius 1 is 1.21 bits per heavy atom. The zero-order chi connectivity index (χ0) is 16.7. The number of likely N-dealkylation sites (tertiary alicyclic amines) is 1. The SMILES string of the molecule is O=C(c1csc(-c2ccccc2)n1)N1CC(N2C(=O)COC2=O)C1. The molecule has 0 aliphatic carbocycles. The first-order chi connectivity index (χ1) is 11.6. The highest BCUT2D eigenvalue weighted by Crippen LogP contribution is 2.26. The maximum atomic E-state index is 12.4. The van der Waals surface area contributed by atoms with E-state index in [1.807, 2.05) is 30.3 Å². The average Bonchev–Trinajstić information content (AvgIpc) is 3.16. The number of carbonyl (C=O) groups excluding carboxylic acids is 3. The quantitative estimate of drug-likeness (QED) is 0.846. The van der Waals surface area contributed by atoms with E-state index < -0.39 is 6.09 Å². The van der Waals surface area contributed by atoms with E-state index in [2.05, 4.69) is 4.98 Å². The van der Waals surface area contributed by atoms with E-state index in [-0.39, 0.29) is 24.5 Å². The predicted molar refractivity (Wildman–Crippen MR) is 85.4 cm³/mol. The molecule has 0 atom stereocenters. The van der Waals surface area contributed by atoms with Crippen LogP contribution in [-0.2, 0) is 9.53 Å². The largest absolute Gasteiger partial charge is 0.439 e. The molecular formula is C16H13N3O4S. The molecule has 4 rings (SSSR count). The third-order valence-electron chi connectivity index (χ3n) is 4.04. The molecule has 8 heteroatoms. The molecule has 2 aromatic rings. The number of hydrogen-bond donors (Lipinski definition) is 0. The number of nitrogens with zero attached hydrogens (tertiary/aromatic N) is 3. The number of cyclic esters (lactones) is 1. The number of hydrogen-bond acceptors (Lipinski definition) is 6. The summed E-state index contributed by atoms with van der Waals surface area (Å²) >= 11 is 1.41. The highest BCUT2D eigenvalue weighted by molar-refractivity contribution is 7.13. The molecule has 2 fully saturated rings. The van der Waals surface area contributed by atoms with Gasteiger partial charge in [-0.25, -0.2) is 14.7 Å². The van der Waals surface area contributed by atoms with Gasteiger partial charge in [0.15, 0.2) is 6.61 Å². The third-order valence-corrected chi connectivity index (χ3v) is 4.93. The normalized spacial score (nSPS) is 17.8. The van der Waals surface area contributed by atoms with E-state index in [0.717, 1.165) is 15.5 Å². The van der Waals surface area contributed by atoms with Crippen molar-refractivity contribution < 1.29 is 19.1 Å². The summed E-state index contributed by atoms with van der Waals surface area (Å²) in [6, 6.07) is 9.35. The second kappa shape index (κ2) is 5.72. The molecule has 0 bridgehead atoms. The van der Waals surface area contributed by atoms with Crippen LogP contribution in [0.2, 0.25) is 0 Å². The molecule has 2 aliphatic rings. The maximum absolute atomic E-state index is 12.4. The fraction of sp³-hybridized carbons (Fsp3) is 0.250. The summed E-state index contributed by atoms with van der Waals surface area (Å²) in [7, 11) is 0. The molecule has 24 heavy (non-hydrogen) atoms. The number of amides is 3. The van der Waals surface area contributed by atoms with Gasteiger partial charge in [0, 0.05) is 24.0 Å². The summed E-state index contributed by atoms with van der Waals surface area (Å²) in [5.41, 5.74) is 1.35. The van der Waals surface area contributed by atoms with E-state index in [9.17, 15) is 14.4 Å². The lowest BCUT2D eigenvalue weighted by atomic mass is 10.1. The Kier molecular flexibility index (Phi) is 3.53. The van der Waals surface area contributed by atoms with E-state index in [0.29, 0.717) is 18.8 Å². The number of ether oxygens (including phenoxy) is 1.